The third kappa shape index (κ3) is 1.92. The molecule has 3 heteroatoms. The second kappa shape index (κ2) is 3.87. The first-order chi connectivity index (χ1) is 7.20. The van der Waals surface area contributed by atoms with Gasteiger partial charge in [-0.2, -0.15) is 0 Å². The zero-order valence-corrected chi connectivity index (χ0v) is 8.82. The van der Waals surface area contributed by atoms with Gasteiger partial charge in [-0.15, -0.1) is 0 Å². The fourth-order valence-electron chi connectivity index (χ4n) is 1.39. The SMILES string of the molecule is Cc1ccc(-c2nc(CO)co2)cc1C. The molecular weight excluding hydrogens is 190 g/mol. The van der Waals surface area contributed by atoms with E-state index in [0.29, 0.717) is 11.6 Å². The molecule has 1 aromatic heterocycles. The monoisotopic (exact) mass is 203 g/mol. The Morgan fingerprint density at radius 2 is 2.07 bits per heavy atom. The van der Waals surface area contributed by atoms with Gasteiger partial charge in [0.1, 0.15) is 12.0 Å². The highest BCUT2D eigenvalue weighted by Gasteiger charge is 2.06. The number of rotatable bonds is 2. The molecule has 15 heavy (non-hydrogen) atoms. The van der Waals surface area contributed by atoms with Gasteiger partial charge in [0.15, 0.2) is 0 Å². The molecule has 0 fully saturated rings. The number of aliphatic hydroxyl groups excluding tert-OH is 1. The summed E-state index contributed by atoms with van der Waals surface area (Å²) in [5, 5.41) is 8.87. The van der Waals surface area contributed by atoms with Crippen LogP contribution in [0.2, 0.25) is 0 Å². The zero-order valence-electron chi connectivity index (χ0n) is 8.82. The molecule has 0 aliphatic carbocycles. The summed E-state index contributed by atoms with van der Waals surface area (Å²) in [5.41, 5.74) is 3.95. The van der Waals surface area contributed by atoms with E-state index in [2.05, 4.69) is 18.8 Å². The highest BCUT2D eigenvalue weighted by Crippen LogP contribution is 2.21. The van der Waals surface area contributed by atoms with Gasteiger partial charge in [0, 0.05) is 5.56 Å². The molecular formula is C12H13NO2. The summed E-state index contributed by atoms with van der Waals surface area (Å²) >= 11 is 0. The van der Waals surface area contributed by atoms with Crippen LogP contribution in [0.4, 0.5) is 0 Å². The molecule has 0 saturated heterocycles. The van der Waals surface area contributed by atoms with Crippen molar-refractivity contribution in [3.8, 4) is 11.5 Å². The van der Waals surface area contributed by atoms with Crippen molar-refractivity contribution in [2.75, 3.05) is 0 Å². The minimum Gasteiger partial charge on any atom is -0.444 e. The van der Waals surface area contributed by atoms with Gasteiger partial charge in [0.25, 0.3) is 0 Å². The van der Waals surface area contributed by atoms with E-state index in [1.807, 2.05) is 18.2 Å². The first-order valence-electron chi connectivity index (χ1n) is 4.83. The van der Waals surface area contributed by atoms with Crippen molar-refractivity contribution in [3.05, 3.63) is 41.3 Å². The number of aryl methyl sites for hydroxylation is 2. The molecule has 78 valence electrons. The maximum absolute atomic E-state index is 8.87. The molecule has 0 saturated carbocycles. The number of hydrogen-bond acceptors (Lipinski definition) is 3. The van der Waals surface area contributed by atoms with E-state index >= 15 is 0 Å². The fraction of sp³-hybridized carbons (Fsp3) is 0.250. The van der Waals surface area contributed by atoms with Gasteiger partial charge < -0.3 is 9.52 Å². The molecule has 0 bridgehead atoms. The number of benzene rings is 1. The third-order valence-electron chi connectivity index (χ3n) is 2.47. The van der Waals surface area contributed by atoms with Crippen LogP contribution in [0.5, 0.6) is 0 Å². The van der Waals surface area contributed by atoms with Gasteiger partial charge in [-0.25, -0.2) is 4.98 Å². The molecule has 0 aliphatic heterocycles. The molecule has 0 spiro atoms. The molecule has 1 aromatic carbocycles. The first kappa shape index (κ1) is 9.93. The van der Waals surface area contributed by atoms with E-state index in [1.54, 1.807) is 0 Å². The van der Waals surface area contributed by atoms with E-state index in [-0.39, 0.29) is 6.61 Å². The van der Waals surface area contributed by atoms with Crippen LogP contribution in [0, 0.1) is 13.8 Å². The highest BCUT2D eigenvalue weighted by atomic mass is 16.3. The van der Waals surface area contributed by atoms with Crippen LogP contribution in [0.1, 0.15) is 16.8 Å². The lowest BCUT2D eigenvalue weighted by molar-refractivity contribution is 0.276. The molecule has 3 nitrogen and oxygen atoms in total. The summed E-state index contributed by atoms with van der Waals surface area (Å²) < 4.78 is 5.27. The zero-order chi connectivity index (χ0) is 10.8. The van der Waals surface area contributed by atoms with Crippen molar-refractivity contribution in [1.82, 2.24) is 4.98 Å². The standard InChI is InChI=1S/C12H13NO2/c1-8-3-4-10(5-9(8)2)12-13-11(6-14)7-15-12/h3-5,7,14H,6H2,1-2H3. The molecule has 0 amide bonds. The van der Waals surface area contributed by atoms with Crippen molar-refractivity contribution in [2.24, 2.45) is 0 Å². The van der Waals surface area contributed by atoms with E-state index in [0.717, 1.165) is 5.56 Å². The van der Waals surface area contributed by atoms with Gasteiger partial charge in [-0.3, -0.25) is 0 Å². The van der Waals surface area contributed by atoms with Crippen molar-refractivity contribution in [3.63, 3.8) is 0 Å². The minimum absolute atomic E-state index is 0.0889. The van der Waals surface area contributed by atoms with E-state index in [9.17, 15) is 0 Å². The fourth-order valence-corrected chi connectivity index (χ4v) is 1.39. The largest absolute Gasteiger partial charge is 0.444 e. The lowest BCUT2D eigenvalue weighted by Crippen LogP contribution is -1.85. The third-order valence-corrected chi connectivity index (χ3v) is 2.47. The second-order valence-corrected chi connectivity index (χ2v) is 3.60. The average Bonchev–Trinajstić information content (AvgIpc) is 2.70. The Morgan fingerprint density at radius 3 is 2.67 bits per heavy atom. The van der Waals surface area contributed by atoms with Crippen LogP contribution in [0.3, 0.4) is 0 Å². The minimum atomic E-state index is -0.0889. The van der Waals surface area contributed by atoms with Gasteiger partial charge in [-0.05, 0) is 37.1 Å². The normalized spacial score (nSPS) is 10.6. The predicted molar refractivity (Wildman–Crippen MR) is 57.3 cm³/mol. The van der Waals surface area contributed by atoms with Crippen LogP contribution in [-0.4, -0.2) is 10.1 Å². The Labute approximate surface area is 88.4 Å². The number of oxazole rings is 1. The Bertz CT molecular complexity index is 474. The Kier molecular flexibility index (Phi) is 2.56. The quantitative estimate of drug-likeness (QED) is 0.815. The number of hydrogen-bond donors (Lipinski definition) is 1. The Morgan fingerprint density at radius 1 is 1.27 bits per heavy atom. The van der Waals surface area contributed by atoms with Crippen molar-refractivity contribution in [2.45, 2.75) is 20.5 Å². The van der Waals surface area contributed by atoms with E-state index in [4.69, 9.17) is 9.52 Å². The molecule has 1 heterocycles. The van der Waals surface area contributed by atoms with Crippen LogP contribution < -0.4 is 0 Å². The van der Waals surface area contributed by atoms with Gasteiger partial charge in [-0.1, -0.05) is 6.07 Å². The van der Waals surface area contributed by atoms with Gasteiger partial charge in [0.05, 0.1) is 6.61 Å². The maximum Gasteiger partial charge on any atom is 0.226 e. The summed E-state index contributed by atoms with van der Waals surface area (Å²) in [6.45, 7) is 4.02. The maximum atomic E-state index is 8.87. The summed E-state index contributed by atoms with van der Waals surface area (Å²) in [7, 11) is 0. The smallest absolute Gasteiger partial charge is 0.226 e. The number of aliphatic hydroxyl groups is 1. The van der Waals surface area contributed by atoms with Crippen LogP contribution in [0.15, 0.2) is 28.9 Å². The Hall–Kier alpha value is -1.61. The second-order valence-electron chi connectivity index (χ2n) is 3.60. The molecule has 0 aliphatic rings. The van der Waals surface area contributed by atoms with Crippen molar-refractivity contribution < 1.29 is 9.52 Å². The predicted octanol–water partition coefficient (Wildman–Crippen LogP) is 2.45. The molecule has 2 rings (SSSR count). The van der Waals surface area contributed by atoms with Gasteiger partial charge >= 0.3 is 0 Å². The van der Waals surface area contributed by atoms with Crippen LogP contribution in [-0.2, 0) is 6.61 Å². The summed E-state index contributed by atoms with van der Waals surface area (Å²) in [6.07, 6.45) is 1.48. The molecule has 0 radical (unpaired) electrons. The molecule has 1 N–H and O–H groups in total. The first-order valence-corrected chi connectivity index (χ1v) is 4.83. The Balaban J connectivity index is 2.40. The van der Waals surface area contributed by atoms with Crippen LogP contribution >= 0.6 is 0 Å². The lowest BCUT2D eigenvalue weighted by atomic mass is 10.1. The summed E-state index contributed by atoms with van der Waals surface area (Å²) in [5.74, 6) is 0.558. The molecule has 0 atom stereocenters. The van der Waals surface area contributed by atoms with Gasteiger partial charge in [0.2, 0.25) is 5.89 Å². The van der Waals surface area contributed by atoms with E-state index < -0.39 is 0 Å². The lowest BCUT2D eigenvalue weighted by Gasteiger charge is -2.01. The topological polar surface area (TPSA) is 46.3 Å². The number of aromatic nitrogens is 1. The molecule has 2 aromatic rings. The number of nitrogens with zero attached hydrogens (tertiary/aromatic N) is 1. The van der Waals surface area contributed by atoms with Crippen LogP contribution in [0.25, 0.3) is 11.5 Å². The molecule has 0 unspecified atom stereocenters. The van der Waals surface area contributed by atoms with E-state index in [1.165, 1.54) is 17.4 Å². The van der Waals surface area contributed by atoms with Crippen molar-refractivity contribution in [1.29, 1.82) is 0 Å². The summed E-state index contributed by atoms with van der Waals surface area (Å²) in [6, 6.07) is 6.03. The summed E-state index contributed by atoms with van der Waals surface area (Å²) in [4.78, 5) is 4.15. The van der Waals surface area contributed by atoms with Crippen molar-refractivity contribution >= 4 is 0 Å². The average molecular weight is 203 g/mol. The highest BCUT2D eigenvalue weighted by molar-refractivity contribution is 5.55.